The summed E-state index contributed by atoms with van der Waals surface area (Å²) >= 11 is 0. The monoisotopic (exact) mass is 580 g/mol. The van der Waals surface area contributed by atoms with E-state index in [0.717, 1.165) is 0 Å². The Morgan fingerprint density at radius 2 is 0.652 bits per heavy atom. The largest absolute Gasteiger partial charge is 0.192 e. The maximum absolute atomic E-state index is 10.4. The fourth-order valence-electron chi connectivity index (χ4n) is 5.62. The summed E-state index contributed by atoms with van der Waals surface area (Å²) in [5, 5.41) is 99.1. The molecule has 3 aromatic rings. The average molecular weight is 581 g/mol. The first kappa shape index (κ1) is 29.0. The maximum Gasteiger partial charge on any atom is 0.138 e. The molecule has 0 unspecified atom stereocenters. The summed E-state index contributed by atoms with van der Waals surface area (Å²) in [6.07, 6.45) is 0. The van der Waals surface area contributed by atoms with Gasteiger partial charge in [0.05, 0.1) is 57.7 Å². The molecule has 0 spiro atoms. The summed E-state index contributed by atoms with van der Waals surface area (Å²) in [4.78, 5) is 0. The van der Waals surface area contributed by atoms with Crippen molar-refractivity contribution < 1.29 is 0 Å². The first-order chi connectivity index (χ1) is 22.4. The summed E-state index contributed by atoms with van der Waals surface area (Å²) in [6.45, 7) is 0. The van der Waals surface area contributed by atoms with Gasteiger partial charge in [-0.15, -0.1) is 0 Å². The third-order valence-corrected chi connectivity index (χ3v) is 7.37. The number of fused-ring (bicyclic) bond motifs is 2. The third-order valence-electron chi connectivity index (χ3n) is 7.37. The lowest BCUT2D eigenvalue weighted by molar-refractivity contribution is 1.43. The lowest BCUT2D eigenvalue weighted by Crippen LogP contribution is -1.96. The minimum atomic E-state index is -0.388. The molecule has 0 N–H and O–H groups in total. The van der Waals surface area contributed by atoms with Crippen molar-refractivity contribution in [2.75, 3.05) is 0 Å². The molecule has 202 valence electrons. The molecule has 0 aromatic heterocycles. The van der Waals surface area contributed by atoms with Crippen LogP contribution in [-0.2, 0) is 0 Å². The number of allylic oxidation sites excluding steroid dienone is 8. The molecule has 0 saturated carbocycles. The Labute approximate surface area is 261 Å². The fraction of sp³-hybridized carbons (Fsp3) is 0. The number of hydrogen-bond donors (Lipinski definition) is 0. The SMILES string of the molecule is N#CC(C#N)=C1C(c2cc(C#N)cc(C#N)c2)=C(C#N)c2cc3c(cc21)C(=C(C#N)C#N)C(c1cc(C#N)cc(C#N)c1)=C3C#N. The van der Waals surface area contributed by atoms with Crippen LogP contribution in [-0.4, -0.2) is 0 Å². The average Bonchev–Trinajstić information content (AvgIpc) is 3.59. The number of nitriles is 10. The second-order valence-corrected chi connectivity index (χ2v) is 9.66. The fourth-order valence-corrected chi connectivity index (χ4v) is 5.62. The quantitative estimate of drug-likeness (QED) is 0.336. The van der Waals surface area contributed by atoms with Crippen molar-refractivity contribution in [1.29, 1.82) is 52.6 Å². The highest BCUT2D eigenvalue weighted by atomic mass is 14.4. The van der Waals surface area contributed by atoms with Gasteiger partial charge in [-0.1, -0.05) is 0 Å². The first-order valence-corrected chi connectivity index (χ1v) is 12.9. The van der Waals surface area contributed by atoms with Crippen LogP contribution < -0.4 is 0 Å². The van der Waals surface area contributed by atoms with Crippen molar-refractivity contribution in [1.82, 2.24) is 0 Å². The van der Waals surface area contributed by atoms with Gasteiger partial charge in [0.25, 0.3) is 0 Å². The van der Waals surface area contributed by atoms with Gasteiger partial charge in [-0.25, -0.2) is 0 Å². The number of hydrogen-bond acceptors (Lipinski definition) is 10. The molecule has 0 amide bonds. The molecule has 0 radical (unpaired) electrons. The van der Waals surface area contributed by atoms with Gasteiger partial charge in [0, 0.05) is 33.4 Å². The molecular weight excluding hydrogens is 572 g/mol. The molecule has 0 heterocycles. The molecule has 10 nitrogen and oxygen atoms in total. The number of nitrogens with zero attached hydrogens (tertiary/aromatic N) is 10. The van der Waals surface area contributed by atoms with Gasteiger partial charge in [-0.3, -0.25) is 0 Å². The Morgan fingerprint density at radius 3 is 0.913 bits per heavy atom. The smallest absolute Gasteiger partial charge is 0.138 e. The van der Waals surface area contributed by atoms with E-state index >= 15 is 0 Å². The van der Waals surface area contributed by atoms with E-state index in [1.54, 1.807) is 0 Å². The van der Waals surface area contributed by atoms with Gasteiger partial charge in [-0.2, -0.15) is 52.6 Å². The highest BCUT2D eigenvalue weighted by Crippen LogP contribution is 2.54. The van der Waals surface area contributed by atoms with Crippen molar-refractivity contribution in [2.24, 2.45) is 0 Å². The van der Waals surface area contributed by atoms with Gasteiger partial charge >= 0.3 is 0 Å². The molecule has 2 aliphatic carbocycles. The molecule has 5 rings (SSSR count). The van der Waals surface area contributed by atoms with Crippen molar-refractivity contribution in [3.05, 3.63) is 115 Å². The highest BCUT2D eigenvalue weighted by molar-refractivity contribution is 6.30. The van der Waals surface area contributed by atoms with E-state index in [9.17, 15) is 52.6 Å². The standard InChI is InChI=1S/C36H8N10/c37-9-19-1-20(10-38)4-23(3-19)33-31(17-45)27-7-28-30(8-29(27)35(33)25(13-41)14-42)36(26(15-43)16-44)34(32(28)18-46)24-5-21(11-39)2-22(6-24)12-40/h1-8H. The molecule has 0 bridgehead atoms. The lowest BCUT2D eigenvalue weighted by Gasteiger charge is -2.12. The molecule has 2 aliphatic rings. The van der Waals surface area contributed by atoms with E-state index in [-0.39, 0.29) is 100 Å². The molecule has 46 heavy (non-hydrogen) atoms. The maximum atomic E-state index is 10.4. The van der Waals surface area contributed by atoms with Crippen LogP contribution in [0.15, 0.2) is 59.7 Å². The van der Waals surface area contributed by atoms with Crippen LogP contribution in [0, 0.1) is 113 Å². The Bertz CT molecular complexity index is 2300. The Morgan fingerprint density at radius 1 is 0.348 bits per heavy atom. The van der Waals surface area contributed by atoms with Crippen molar-refractivity contribution in [3.63, 3.8) is 0 Å². The van der Waals surface area contributed by atoms with Gasteiger partial charge in [0.1, 0.15) is 47.6 Å². The topological polar surface area (TPSA) is 238 Å². The van der Waals surface area contributed by atoms with Crippen LogP contribution in [0.3, 0.4) is 0 Å². The normalized spacial score (nSPS) is 11.9. The van der Waals surface area contributed by atoms with E-state index < -0.39 is 0 Å². The van der Waals surface area contributed by atoms with Gasteiger partial charge in [-0.05, 0) is 70.8 Å². The van der Waals surface area contributed by atoms with Crippen LogP contribution >= 0.6 is 0 Å². The van der Waals surface area contributed by atoms with Crippen LogP contribution in [0.4, 0.5) is 0 Å². The van der Waals surface area contributed by atoms with Crippen LogP contribution in [0.5, 0.6) is 0 Å². The zero-order chi connectivity index (χ0) is 33.1. The molecular formula is C36H8N10. The summed E-state index contributed by atoms with van der Waals surface area (Å²) < 4.78 is 0. The molecule has 0 atom stereocenters. The van der Waals surface area contributed by atoms with Crippen LogP contribution in [0.25, 0.3) is 33.4 Å². The zero-order valence-corrected chi connectivity index (χ0v) is 23.1. The van der Waals surface area contributed by atoms with E-state index in [1.165, 1.54) is 48.5 Å². The van der Waals surface area contributed by atoms with E-state index in [4.69, 9.17) is 0 Å². The Kier molecular flexibility index (Phi) is 7.21. The van der Waals surface area contributed by atoms with Crippen molar-refractivity contribution in [2.45, 2.75) is 0 Å². The van der Waals surface area contributed by atoms with E-state index in [0.29, 0.717) is 0 Å². The molecule has 0 aliphatic heterocycles. The number of rotatable bonds is 2. The predicted octanol–water partition coefficient (Wildman–Crippen LogP) is 5.67. The third kappa shape index (κ3) is 4.27. The molecule has 0 fully saturated rings. The van der Waals surface area contributed by atoms with E-state index in [2.05, 4.69) is 12.1 Å². The minimum Gasteiger partial charge on any atom is -0.192 e. The second-order valence-electron chi connectivity index (χ2n) is 9.66. The summed E-state index contributed by atoms with van der Waals surface area (Å²) in [7, 11) is 0. The van der Waals surface area contributed by atoms with Gasteiger partial charge in [0.2, 0.25) is 0 Å². The van der Waals surface area contributed by atoms with Gasteiger partial charge in [0.15, 0.2) is 0 Å². The predicted molar refractivity (Wildman–Crippen MR) is 159 cm³/mol. The summed E-state index contributed by atoms with van der Waals surface area (Å²) in [5.41, 5.74) is 1.19. The molecule has 10 heteroatoms. The lowest BCUT2D eigenvalue weighted by atomic mass is 9.88. The number of benzene rings is 3. The van der Waals surface area contributed by atoms with Crippen LogP contribution in [0.1, 0.15) is 55.6 Å². The van der Waals surface area contributed by atoms with Crippen LogP contribution in [0.2, 0.25) is 0 Å². The Hall–Kier alpha value is -8.48. The van der Waals surface area contributed by atoms with Gasteiger partial charge < -0.3 is 0 Å². The zero-order valence-electron chi connectivity index (χ0n) is 23.1. The minimum absolute atomic E-state index is 0.00918. The second kappa shape index (κ2) is 11.4. The first-order valence-electron chi connectivity index (χ1n) is 12.9. The summed E-state index contributed by atoms with van der Waals surface area (Å²) in [6, 6.07) is 30.7. The van der Waals surface area contributed by atoms with Crippen molar-refractivity contribution in [3.8, 4) is 60.7 Å². The van der Waals surface area contributed by atoms with Crippen molar-refractivity contribution >= 4 is 33.4 Å². The van der Waals surface area contributed by atoms with E-state index in [1.807, 2.05) is 48.6 Å². The summed E-state index contributed by atoms with van der Waals surface area (Å²) in [5.74, 6) is 0. The molecule has 3 aromatic carbocycles. The highest BCUT2D eigenvalue weighted by Gasteiger charge is 2.37. The Balaban J connectivity index is 1.97. The molecule has 0 saturated heterocycles.